The summed E-state index contributed by atoms with van der Waals surface area (Å²) in [5, 5.41) is 3.43. The van der Waals surface area contributed by atoms with Gasteiger partial charge in [0.05, 0.1) is 0 Å². The number of likely N-dealkylation sites (N-methyl/N-ethyl adjacent to an activating group) is 1. The van der Waals surface area contributed by atoms with Gasteiger partial charge in [-0.2, -0.15) is 0 Å². The lowest BCUT2D eigenvalue weighted by Crippen LogP contribution is -2.50. The third-order valence-corrected chi connectivity index (χ3v) is 3.30. The molecule has 1 aliphatic rings. The normalized spacial score (nSPS) is 23.6. The van der Waals surface area contributed by atoms with Crippen molar-refractivity contribution in [1.29, 1.82) is 0 Å². The lowest BCUT2D eigenvalue weighted by atomic mass is 9.98. The van der Waals surface area contributed by atoms with Crippen molar-refractivity contribution in [2.75, 3.05) is 26.7 Å². The van der Waals surface area contributed by atoms with Crippen LogP contribution in [-0.2, 0) is 0 Å². The average Bonchev–Trinajstić information content (AvgIpc) is 2.29. The van der Waals surface area contributed by atoms with Crippen LogP contribution in [0.4, 0.5) is 4.39 Å². The molecule has 1 fully saturated rings. The van der Waals surface area contributed by atoms with Gasteiger partial charge in [-0.05, 0) is 19.5 Å². The Morgan fingerprint density at radius 1 is 1.53 bits per heavy atom. The third-order valence-electron chi connectivity index (χ3n) is 3.30. The van der Waals surface area contributed by atoms with Crippen molar-refractivity contribution in [1.82, 2.24) is 10.2 Å². The minimum absolute atomic E-state index is 0.204. The molecular formula is C13H20FN3. The topological polar surface area (TPSA) is 41.3 Å². The highest BCUT2D eigenvalue weighted by molar-refractivity contribution is 5.21. The van der Waals surface area contributed by atoms with E-state index in [0.717, 1.165) is 26.1 Å². The highest BCUT2D eigenvalue weighted by atomic mass is 19.1. The maximum atomic E-state index is 13.6. The van der Waals surface area contributed by atoms with Gasteiger partial charge in [0, 0.05) is 37.3 Å². The van der Waals surface area contributed by atoms with Crippen LogP contribution in [0.15, 0.2) is 24.3 Å². The molecule has 1 aromatic rings. The van der Waals surface area contributed by atoms with Crippen LogP contribution in [0.3, 0.4) is 0 Å². The van der Waals surface area contributed by atoms with Gasteiger partial charge in [0.1, 0.15) is 5.82 Å². The summed E-state index contributed by atoms with van der Waals surface area (Å²) in [6, 6.07) is 6.88. The number of hydrogen-bond donors (Lipinski definition) is 2. The smallest absolute Gasteiger partial charge is 0.127 e. The van der Waals surface area contributed by atoms with Gasteiger partial charge in [-0.15, -0.1) is 0 Å². The van der Waals surface area contributed by atoms with E-state index < -0.39 is 0 Å². The summed E-state index contributed by atoms with van der Waals surface area (Å²) in [5.41, 5.74) is 6.69. The average molecular weight is 237 g/mol. The number of piperazine rings is 1. The third kappa shape index (κ3) is 3.25. The van der Waals surface area contributed by atoms with Crippen LogP contribution in [0.1, 0.15) is 18.0 Å². The van der Waals surface area contributed by atoms with Gasteiger partial charge in [-0.25, -0.2) is 4.39 Å². The van der Waals surface area contributed by atoms with Gasteiger partial charge < -0.3 is 16.0 Å². The van der Waals surface area contributed by atoms with Gasteiger partial charge in [0.2, 0.25) is 0 Å². The van der Waals surface area contributed by atoms with Crippen molar-refractivity contribution in [3.8, 4) is 0 Å². The molecule has 0 amide bonds. The Morgan fingerprint density at radius 3 is 3.00 bits per heavy atom. The zero-order valence-electron chi connectivity index (χ0n) is 10.2. The van der Waals surface area contributed by atoms with Crippen molar-refractivity contribution < 1.29 is 4.39 Å². The molecular weight excluding hydrogens is 217 g/mol. The SMILES string of the molecule is CN1CCNC(CC(N)c2ccccc2F)C1. The molecule has 0 aliphatic carbocycles. The van der Waals surface area contributed by atoms with E-state index in [-0.39, 0.29) is 11.9 Å². The van der Waals surface area contributed by atoms with Crippen LogP contribution in [0.5, 0.6) is 0 Å². The van der Waals surface area contributed by atoms with Gasteiger partial charge in [-0.1, -0.05) is 18.2 Å². The van der Waals surface area contributed by atoms with Gasteiger partial charge in [0.15, 0.2) is 0 Å². The minimum atomic E-state index is -0.236. The molecule has 0 radical (unpaired) electrons. The molecule has 2 atom stereocenters. The fraction of sp³-hybridized carbons (Fsp3) is 0.538. The number of nitrogens with one attached hydrogen (secondary N) is 1. The molecule has 3 nitrogen and oxygen atoms in total. The Balaban J connectivity index is 1.97. The molecule has 1 saturated heterocycles. The van der Waals surface area contributed by atoms with Gasteiger partial charge in [0.25, 0.3) is 0 Å². The molecule has 0 saturated carbocycles. The molecule has 0 bridgehead atoms. The first-order valence-electron chi connectivity index (χ1n) is 6.08. The molecule has 94 valence electrons. The summed E-state index contributed by atoms with van der Waals surface area (Å²) < 4.78 is 13.6. The summed E-state index contributed by atoms with van der Waals surface area (Å²) in [4.78, 5) is 2.27. The van der Waals surface area contributed by atoms with Crippen LogP contribution in [-0.4, -0.2) is 37.6 Å². The molecule has 17 heavy (non-hydrogen) atoms. The first-order chi connectivity index (χ1) is 8.16. The lowest BCUT2D eigenvalue weighted by molar-refractivity contribution is 0.225. The van der Waals surface area contributed by atoms with Gasteiger partial charge in [-0.3, -0.25) is 0 Å². The molecule has 3 N–H and O–H groups in total. The minimum Gasteiger partial charge on any atom is -0.324 e. The molecule has 2 unspecified atom stereocenters. The highest BCUT2D eigenvalue weighted by Gasteiger charge is 2.20. The van der Waals surface area contributed by atoms with E-state index in [0.29, 0.717) is 11.6 Å². The Kier molecular flexibility index (Phi) is 4.10. The van der Waals surface area contributed by atoms with Crippen LogP contribution >= 0.6 is 0 Å². The molecule has 1 aromatic carbocycles. The number of benzene rings is 1. The van der Waals surface area contributed by atoms with E-state index in [9.17, 15) is 4.39 Å². The standard InChI is InChI=1S/C13H20FN3/c1-17-7-6-16-10(9-17)8-13(15)11-4-2-3-5-12(11)14/h2-5,10,13,16H,6-9,15H2,1H3. The Morgan fingerprint density at radius 2 is 2.29 bits per heavy atom. The lowest BCUT2D eigenvalue weighted by Gasteiger charge is -2.32. The van der Waals surface area contributed by atoms with Gasteiger partial charge >= 0.3 is 0 Å². The number of nitrogens with two attached hydrogens (primary N) is 1. The first-order valence-corrected chi connectivity index (χ1v) is 6.08. The molecule has 0 aromatic heterocycles. The van der Waals surface area contributed by atoms with Crippen LogP contribution in [0.2, 0.25) is 0 Å². The number of nitrogens with zero attached hydrogens (tertiary/aromatic N) is 1. The van der Waals surface area contributed by atoms with E-state index in [1.807, 2.05) is 6.07 Å². The summed E-state index contributed by atoms with van der Waals surface area (Å²) >= 11 is 0. The van der Waals surface area contributed by atoms with Crippen molar-refractivity contribution in [2.45, 2.75) is 18.5 Å². The van der Waals surface area contributed by atoms with E-state index in [1.165, 1.54) is 6.07 Å². The summed E-state index contributed by atoms with van der Waals surface area (Å²) in [5.74, 6) is -0.204. The Hall–Kier alpha value is -0.970. The Bertz CT molecular complexity index is 369. The summed E-state index contributed by atoms with van der Waals surface area (Å²) in [6.07, 6.45) is 0.769. The second-order valence-electron chi connectivity index (χ2n) is 4.78. The number of rotatable bonds is 3. The van der Waals surface area contributed by atoms with Crippen molar-refractivity contribution in [2.24, 2.45) is 5.73 Å². The zero-order chi connectivity index (χ0) is 12.3. The number of halogens is 1. The Labute approximate surface area is 102 Å². The van der Waals surface area contributed by atoms with E-state index in [4.69, 9.17) is 5.73 Å². The second-order valence-corrected chi connectivity index (χ2v) is 4.78. The van der Waals surface area contributed by atoms with Crippen molar-refractivity contribution in [3.63, 3.8) is 0 Å². The van der Waals surface area contributed by atoms with Crippen LogP contribution in [0, 0.1) is 5.82 Å². The molecule has 1 heterocycles. The van der Waals surface area contributed by atoms with E-state index >= 15 is 0 Å². The van der Waals surface area contributed by atoms with E-state index in [1.54, 1.807) is 12.1 Å². The fourth-order valence-electron chi connectivity index (χ4n) is 2.36. The second kappa shape index (κ2) is 5.58. The number of hydrogen-bond acceptors (Lipinski definition) is 3. The van der Waals surface area contributed by atoms with Crippen molar-refractivity contribution >= 4 is 0 Å². The molecule has 2 rings (SSSR count). The molecule has 4 heteroatoms. The summed E-state index contributed by atoms with van der Waals surface area (Å²) in [7, 11) is 2.10. The maximum Gasteiger partial charge on any atom is 0.127 e. The van der Waals surface area contributed by atoms with Crippen LogP contribution in [0.25, 0.3) is 0 Å². The molecule has 0 spiro atoms. The maximum absolute atomic E-state index is 13.6. The quantitative estimate of drug-likeness (QED) is 0.827. The largest absolute Gasteiger partial charge is 0.324 e. The van der Waals surface area contributed by atoms with Crippen LogP contribution < -0.4 is 11.1 Å². The van der Waals surface area contributed by atoms with E-state index in [2.05, 4.69) is 17.3 Å². The zero-order valence-corrected chi connectivity index (χ0v) is 10.2. The first kappa shape index (κ1) is 12.5. The monoisotopic (exact) mass is 237 g/mol. The predicted octanol–water partition coefficient (Wildman–Crippen LogP) is 1.12. The van der Waals surface area contributed by atoms with Crippen molar-refractivity contribution in [3.05, 3.63) is 35.6 Å². The highest BCUT2D eigenvalue weighted by Crippen LogP contribution is 2.19. The summed E-state index contributed by atoms with van der Waals surface area (Å²) in [6.45, 7) is 3.01. The predicted molar refractivity (Wildman–Crippen MR) is 67.2 cm³/mol. The molecule has 1 aliphatic heterocycles. The fourth-order valence-corrected chi connectivity index (χ4v) is 2.36.